The van der Waals surface area contributed by atoms with Crippen LogP contribution >= 0.6 is 0 Å². The molecule has 0 saturated carbocycles. The maximum Gasteiger partial charge on any atom is 0.319 e. The van der Waals surface area contributed by atoms with Crippen molar-refractivity contribution in [2.45, 2.75) is 38.8 Å². The van der Waals surface area contributed by atoms with Crippen LogP contribution in [-0.2, 0) is 10.3 Å². The van der Waals surface area contributed by atoms with Gasteiger partial charge in [-0.15, -0.1) is 0 Å². The number of ether oxygens (including phenoxy) is 1. The zero-order valence-electron chi connectivity index (χ0n) is 12.5. The fourth-order valence-corrected chi connectivity index (χ4v) is 1.58. The van der Waals surface area contributed by atoms with E-state index in [0.717, 1.165) is 0 Å². The van der Waals surface area contributed by atoms with Gasteiger partial charge in [-0.1, -0.05) is 0 Å². The Hall–Kier alpha value is -1.60. The van der Waals surface area contributed by atoms with Gasteiger partial charge < -0.3 is 20.5 Å². The second-order valence-corrected chi connectivity index (χ2v) is 5.60. The first-order chi connectivity index (χ1) is 9.36. The van der Waals surface area contributed by atoms with Crippen LogP contribution in [0.3, 0.4) is 0 Å². The number of nitrogens with one attached hydrogen (secondary N) is 2. The van der Waals surface area contributed by atoms with Crippen molar-refractivity contribution in [2.24, 2.45) is 0 Å². The summed E-state index contributed by atoms with van der Waals surface area (Å²) in [5, 5.41) is 18.7. The average molecular weight is 284 g/mol. The lowest BCUT2D eigenvalue weighted by Crippen LogP contribution is -2.40. The van der Waals surface area contributed by atoms with Crippen LogP contribution in [-0.4, -0.2) is 47.3 Å². The zero-order chi connectivity index (χ0) is 15.2. The Morgan fingerprint density at radius 1 is 1.55 bits per heavy atom. The Morgan fingerprint density at radius 2 is 2.25 bits per heavy atom. The maximum atomic E-state index is 11.8. The van der Waals surface area contributed by atoms with Gasteiger partial charge in [0.15, 0.2) is 0 Å². The molecule has 1 heterocycles. The van der Waals surface area contributed by atoms with Gasteiger partial charge in [0.25, 0.3) is 0 Å². The lowest BCUT2D eigenvalue weighted by molar-refractivity contribution is 0.161. The first kappa shape index (κ1) is 16.5. The Labute approximate surface area is 119 Å². The molecule has 1 aromatic rings. The largest absolute Gasteiger partial charge is 0.394 e. The number of urea groups is 1. The van der Waals surface area contributed by atoms with Crippen molar-refractivity contribution in [1.82, 2.24) is 15.1 Å². The molecule has 0 bridgehead atoms. The number of carbonyl (C=O) groups excluding carboxylic acids is 1. The molecule has 7 nitrogen and oxygen atoms in total. The number of aromatic nitrogens is 2. The average Bonchev–Trinajstić information content (AvgIpc) is 2.82. The summed E-state index contributed by atoms with van der Waals surface area (Å²) < 4.78 is 6.69. The van der Waals surface area contributed by atoms with Crippen LogP contribution in [0.25, 0.3) is 0 Å². The smallest absolute Gasteiger partial charge is 0.319 e. The van der Waals surface area contributed by atoms with Crippen LogP contribution in [0.15, 0.2) is 12.4 Å². The van der Waals surface area contributed by atoms with Gasteiger partial charge in [0.1, 0.15) is 0 Å². The Morgan fingerprint density at radius 3 is 2.75 bits per heavy atom. The summed E-state index contributed by atoms with van der Waals surface area (Å²) in [6.45, 7) is 6.43. The molecule has 20 heavy (non-hydrogen) atoms. The second kappa shape index (κ2) is 7.25. The van der Waals surface area contributed by atoms with Crippen LogP contribution in [0.4, 0.5) is 10.5 Å². The number of rotatable bonds is 6. The molecular weight excluding hydrogens is 260 g/mol. The predicted octanol–water partition coefficient (Wildman–Crippen LogP) is 1.16. The SMILES string of the molecule is COCCC(CO)NC(=O)Nc1cnn(C(C)(C)C)c1. The summed E-state index contributed by atoms with van der Waals surface area (Å²) in [6.07, 6.45) is 3.91. The molecule has 7 heteroatoms. The molecule has 0 aromatic carbocycles. The molecule has 0 aliphatic carbocycles. The van der Waals surface area contributed by atoms with Crippen molar-refractivity contribution in [3.8, 4) is 0 Å². The highest BCUT2D eigenvalue weighted by Gasteiger charge is 2.16. The van der Waals surface area contributed by atoms with E-state index in [2.05, 4.69) is 15.7 Å². The predicted molar refractivity (Wildman–Crippen MR) is 76.7 cm³/mol. The Kier molecular flexibility index (Phi) is 5.97. The van der Waals surface area contributed by atoms with E-state index in [1.54, 1.807) is 24.2 Å². The van der Waals surface area contributed by atoms with Crippen LogP contribution in [0.1, 0.15) is 27.2 Å². The van der Waals surface area contributed by atoms with Gasteiger partial charge in [0.2, 0.25) is 0 Å². The maximum absolute atomic E-state index is 11.8. The fourth-order valence-electron chi connectivity index (χ4n) is 1.58. The third kappa shape index (κ3) is 5.18. The molecular formula is C13H24N4O3. The third-order valence-corrected chi connectivity index (χ3v) is 2.75. The minimum atomic E-state index is -0.367. The Balaban J connectivity index is 2.51. The first-order valence-corrected chi connectivity index (χ1v) is 6.59. The summed E-state index contributed by atoms with van der Waals surface area (Å²) in [5.41, 5.74) is 0.476. The molecule has 1 unspecified atom stereocenters. The van der Waals surface area contributed by atoms with E-state index in [1.807, 2.05) is 20.8 Å². The zero-order valence-corrected chi connectivity index (χ0v) is 12.5. The quantitative estimate of drug-likeness (QED) is 0.731. The molecule has 1 rings (SSSR count). The minimum absolute atomic E-state index is 0.127. The number of anilines is 1. The highest BCUT2D eigenvalue weighted by Crippen LogP contribution is 2.15. The summed E-state index contributed by atoms with van der Waals surface area (Å²) >= 11 is 0. The van der Waals surface area contributed by atoms with Crippen LogP contribution in [0.2, 0.25) is 0 Å². The number of nitrogens with zero attached hydrogens (tertiary/aromatic N) is 2. The van der Waals surface area contributed by atoms with Crippen molar-refractivity contribution < 1.29 is 14.6 Å². The van der Waals surface area contributed by atoms with E-state index >= 15 is 0 Å². The molecule has 0 aliphatic heterocycles. The number of methoxy groups -OCH3 is 1. The minimum Gasteiger partial charge on any atom is -0.394 e. The second-order valence-electron chi connectivity index (χ2n) is 5.60. The topological polar surface area (TPSA) is 88.4 Å². The number of hydrogen-bond acceptors (Lipinski definition) is 4. The lowest BCUT2D eigenvalue weighted by Gasteiger charge is -2.18. The molecule has 0 spiro atoms. The normalized spacial score (nSPS) is 13.1. The number of hydrogen-bond donors (Lipinski definition) is 3. The van der Waals surface area contributed by atoms with Crippen molar-refractivity contribution in [1.29, 1.82) is 0 Å². The lowest BCUT2D eigenvalue weighted by atomic mass is 10.1. The van der Waals surface area contributed by atoms with Crippen LogP contribution < -0.4 is 10.6 Å². The van der Waals surface area contributed by atoms with Crippen molar-refractivity contribution >= 4 is 11.7 Å². The van der Waals surface area contributed by atoms with Crippen LogP contribution in [0.5, 0.6) is 0 Å². The van der Waals surface area contributed by atoms with Crippen molar-refractivity contribution in [3.63, 3.8) is 0 Å². The summed E-state index contributed by atoms with van der Waals surface area (Å²) in [4.78, 5) is 11.8. The molecule has 3 N–H and O–H groups in total. The van der Waals surface area contributed by atoms with Gasteiger partial charge >= 0.3 is 6.03 Å². The molecule has 2 amide bonds. The van der Waals surface area contributed by atoms with Gasteiger partial charge in [0, 0.05) is 19.9 Å². The third-order valence-electron chi connectivity index (χ3n) is 2.75. The number of aliphatic hydroxyl groups is 1. The standard InChI is InChI=1S/C13H24N4O3/c1-13(2,3)17-8-11(7-14-17)16-12(19)15-10(9-18)5-6-20-4/h7-8,10,18H,5-6,9H2,1-4H3,(H2,15,16,19). The van der Waals surface area contributed by atoms with Crippen molar-refractivity contribution in [3.05, 3.63) is 12.4 Å². The number of aliphatic hydroxyl groups excluding tert-OH is 1. The molecule has 0 fully saturated rings. The molecule has 0 saturated heterocycles. The van der Waals surface area contributed by atoms with Gasteiger partial charge in [-0.05, 0) is 27.2 Å². The van der Waals surface area contributed by atoms with Gasteiger partial charge in [-0.3, -0.25) is 4.68 Å². The molecule has 114 valence electrons. The van der Waals surface area contributed by atoms with E-state index in [1.165, 1.54) is 0 Å². The van der Waals surface area contributed by atoms with Gasteiger partial charge in [-0.25, -0.2) is 4.79 Å². The van der Waals surface area contributed by atoms with E-state index in [-0.39, 0.29) is 24.2 Å². The van der Waals surface area contributed by atoms with E-state index in [4.69, 9.17) is 9.84 Å². The highest BCUT2D eigenvalue weighted by molar-refractivity contribution is 5.89. The first-order valence-electron chi connectivity index (χ1n) is 6.59. The van der Waals surface area contributed by atoms with Crippen LogP contribution in [0, 0.1) is 0 Å². The number of carbonyl (C=O) groups is 1. The Bertz CT molecular complexity index is 425. The van der Waals surface area contributed by atoms with Gasteiger partial charge in [0.05, 0.1) is 30.1 Å². The molecule has 1 aromatic heterocycles. The monoisotopic (exact) mass is 284 g/mol. The summed E-state index contributed by atoms with van der Waals surface area (Å²) in [7, 11) is 1.58. The molecule has 0 aliphatic rings. The molecule has 0 radical (unpaired) electrons. The van der Waals surface area contributed by atoms with Crippen molar-refractivity contribution in [2.75, 3.05) is 25.6 Å². The van der Waals surface area contributed by atoms with E-state index < -0.39 is 0 Å². The van der Waals surface area contributed by atoms with E-state index in [9.17, 15) is 4.79 Å². The summed E-state index contributed by atoms with van der Waals surface area (Å²) in [5.74, 6) is 0. The highest BCUT2D eigenvalue weighted by atomic mass is 16.5. The number of amides is 2. The summed E-state index contributed by atoms with van der Waals surface area (Å²) in [6, 6.07) is -0.693. The molecule has 1 atom stereocenters. The van der Waals surface area contributed by atoms with Gasteiger partial charge in [-0.2, -0.15) is 5.10 Å². The fraction of sp³-hybridized carbons (Fsp3) is 0.692. The van der Waals surface area contributed by atoms with E-state index in [0.29, 0.717) is 18.7 Å².